The van der Waals surface area contributed by atoms with E-state index in [0.717, 1.165) is 5.56 Å². The lowest BCUT2D eigenvalue weighted by molar-refractivity contribution is 0.195. The number of anilines is 1. The Bertz CT molecular complexity index is 819. The average Bonchev–Trinajstić information content (AvgIpc) is 3.04. The molecule has 1 saturated heterocycles. The van der Waals surface area contributed by atoms with E-state index in [2.05, 4.69) is 15.4 Å². The van der Waals surface area contributed by atoms with E-state index in [0.29, 0.717) is 12.2 Å². The number of pyridine rings is 1. The van der Waals surface area contributed by atoms with Crippen LogP contribution in [-0.2, 0) is 16.4 Å². The van der Waals surface area contributed by atoms with E-state index in [-0.39, 0.29) is 24.1 Å². The molecule has 24 heavy (non-hydrogen) atoms. The highest BCUT2D eigenvalue weighted by atomic mass is 32.2. The van der Waals surface area contributed by atoms with Crippen molar-refractivity contribution in [2.45, 2.75) is 19.5 Å². The number of aryl methyl sites for hydroxylation is 1. The number of urea groups is 1. The highest BCUT2D eigenvalue weighted by Crippen LogP contribution is 2.27. The van der Waals surface area contributed by atoms with Gasteiger partial charge in [-0.05, 0) is 19.1 Å². The highest BCUT2D eigenvalue weighted by Gasteiger charge is 2.35. The Labute approximate surface area is 140 Å². The maximum absolute atomic E-state index is 12.6. The van der Waals surface area contributed by atoms with Gasteiger partial charge in [-0.2, -0.15) is 5.10 Å². The first-order valence-corrected chi connectivity index (χ1v) is 9.51. The van der Waals surface area contributed by atoms with Crippen molar-refractivity contribution in [1.82, 2.24) is 19.7 Å². The minimum absolute atomic E-state index is 0.0326. The van der Waals surface area contributed by atoms with Gasteiger partial charge < -0.3 is 10.2 Å². The van der Waals surface area contributed by atoms with Crippen LogP contribution in [0.15, 0.2) is 36.9 Å². The van der Waals surface area contributed by atoms with Gasteiger partial charge in [0.1, 0.15) is 0 Å². The van der Waals surface area contributed by atoms with Gasteiger partial charge in [-0.3, -0.25) is 9.67 Å². The zero-order chi connectivity index (χ0) is 17.2. The molecule has 0 spiro atoms. The Morgan fingerprint density at radius 1 is 1.38 bits per heavy atom. The van der Waals surface area contributed by atoms with Crippen molar-refractivity contribution in [2.24, 2.45) is 0 Å². The van der Waals surface area contributed by atoms with E-state index in [1.54, 1.807) is 46.5 Å². The van der Waals surface area contributed by atoms with E-state index in [4.69, 9.17) is 0 Å². The molecule has 2 aromatic heterocycles. The number of rotatable bonds is 3. The molecule has 1 atom stereocenters. The number of nitrogens with one attached hydrogen (secondary N) is 1. The van der Waals surface area contributed by atoms with Crippen molar-refractivity contribution in [3.05, 3.63) is 42.5 Å². The molecule has 8 nitrogen and oxygen atoms in total. The summed E-state index contributed by atoms with van der Waals surface area (Å²) in [4.78, 5) is 18.1. The Balaban J connectivity index is 1.84. The minimum Gasteiger partial charge on any atom is -0.315 e. The van der Waals surface area contributed by atoms with Gasteiger partial charge in [0.05, 0.1) is 23.7 Å². The quantitative estimate of drug-likeness (QED) is 0.901. The lowest BCUT2D eigenvalue weighted by Gasteiger charge is -2.34. The summed E-state index contributed by atoms with van der Waals surface area (Å²) in [6.45, 7) is 2.78. The molecular weight excluding hydrogens is 330 g/mol. The molecule has 128 valence electrons. The monoisotopic (exact) mass is 349 g/mol. The van der Waals surface area contributed by atoms with Gasteiger partial charge in [-0.15, -0.1) is 0 Å². The predicted octanol–water partition coefficient (Wildman–Crippen LogP) is 1.30. The first-order chi connectivity index (χ1) is 11.5. The van der Waals surface area contributed by atoms with Crippen LogP contribution >= 0.6 is 0 Å². The van der Waals surface area contributed by atoms with Crippen LogP contribution in [0.3, 0.4) is 0 Å². The molecule has 1 N–H and O–H groups in total. The van der Waals surface area contributed by atoms with Gasteiger partial charge in [-0.25, -0.2) is 13.2 Å². The summed E-state index contributed by atoms with van der Waals surface area (Å²) in [5.41, 5.74) is 1.34. The van der Waals surface area contributed by atoms with Crippen molar-refractivity contribution < 1.29 is 13.2 Å². The van der Waals surface area contributed by atoms with Crippen molar-refractivity contribution in [3.8, 4) is 0 Å². The molecule has 0 bridgehead atoms. The number of sulfone groups is 1. The first kappa shape index (κ1) is 16.4. The van der Waals surface area contributed by atoms with Crippen molar-refractivity contribution >= 4 is 21.6 Å². The number of amides is 2. The molecule has 9 heteroatoms. The number of nitrogens with zero attached hydrogens (tertiary/aromatic N) is 4. The zero-order valence-corrected chi connectivity index (χ0v) is 14.1. The SMILES string of the molecule is CCn1cc([C@H]2CS(=O)(=O)CCN2C(=O)Nc2ccncc2)cn1. The van der Waals surface area contributed by atoms with Crippen LogP contribution in [0.1, 0.15) is 18.5 Å². The number of carbonyl (C=O) groups excluding carboxylic acids is 1. The molecule has 1 aliphatic rings. The average molecular weight is 349 g/mol. The summed E-state index contributed by atoms with van der Waals surface area (Å²) < 4.78 is 25.8. The third-order valence-corrected chi connectivity index (χ3v) is 5.61. The predicted molar refractivity (Wildman–Crippen MR) is 89.3 cm³/mol. The third kappa shape index (κ3) is 3.56. The topological polar surface area (TPSA) is 97.2 Å². The van der Waals surface area contributed by atoms with Gasteiger partial charge in [0, 0.05) is 42.9 Å². The molecule has 2 aromatic rings. The van der Waals surface area contributed by atoms with Crippen LogP contribution in [0.2, 0.25) is 0 Å². The maximum Gasteiger partial charge on any atom is 0.322 e. The molecule has 0 unspecified atom stereocenters. The molecule has 3 rings (SSSR count). The van der Waals surface area contributed by atoms with Crippen molar-refractivity contribution in [1.29, 1.82) is 0 Å². The largest absolute Gasteiger partial charge is 0.322 e. The fraction of sp³-hybridized carbons (Fsp3) is 0.400. The van der Waals surface area contributed by atoms with Crippen LogP contribution in [-0.4, -0.2) is 52.2 Å². The molecule has 1 fully saturated rings. The molecule has 1 aliphatic heterocycles. The first-order valence-electron chi connectivity index (χ1n) is 7.69. The zero-order valence-electron chi connectivity index (χ0n) is 13.3. The highest BCUT2D eigenvalue weighted by molar-refractivity contribution is 7.91. The third-order valence-electron chi connectivity index (χ3n) is 3.99. The van der Waals surface area contributed by atoms with Gasteiger partial charge >= 0.3 is 6.03 Å². The van der Waals surface area contributed by atoms with E-state index in [9.17, 15) is 13.2 Å². The summed E-state index contributed by atoms with van der Waals surface area (Å²) in [5, 5.41) is 6.98. The second-order valence-corrected chi connectivity index (χ2v) is 7.85. The van der Waals surface area contributed by atoms with Crippen LogP contribution < -0.4 is 5.32 Å². The Kier molecular flexibility index (Phi) is 4.52. The molecular formula is C15H19N5O3S. The fourth-order valence-corrected chi connectivity index (χ4v) is 4.18. The Hall–Kier alpha value is -2.42. The van der Waals surface area contributed by atoms with E-state index < -0.39 is 15.9 Å². The number of carbonyl (C=O) groups is 1. The molecule has 0 radical (unpaired) electrons. The number of hydrogen-bond donors (Lipinski definition) is 1. The minimum atomic E-state index is -3.19. The lowest BCUT2D eigenvalue weighted by atomic mass is 10.1. The summed E-state index contributed by atoms with van der Waals surface area (Å²) in [6, 6.07) is 2.50. The van der Waals surface area contributed by atoms with Gasteiger partial charge in [0.15, 0.2) is 9.84 Å². The van der Waals surface area contributed by atoms with Gasteiger partial charge in [0.2, 0.25) is 0 Å². The number of hydrogen-bond acceptors (Lipinski definition) is 5. The molecule has 0 aliphatic carbocycles. The van der Waals surface area contributed by atoms with Crippen LogP contribution in [0.5, 0.6) is 0 Å². The fourth-order valence-electron chi connectivity index (χ4n) is 2.68. The van der Waals surface area contributed by atoms with Gasteiger partial charge in [0.25, 0.3) is 0 Å². The second kappa shape index (κ2) is 6.60. The van der Waals surface area contributed by atoms with Crippen molar-refractivity contribution in [2.75, 3.05) is 23.4 Å². The normalized spacial score (nSPS) is 19.9. The summed E-state index contributed by atoms with van der Waals surface area (Å²) >= 11 is 0. The smallest absolute Gasteiger partial charge is 0.315 e. The van der Waals surface area contributed by atoms with Crippen LogP contribution in [0.25, 0.3) is 0 Å². The standard InChI is InChI=1S/C15H19N5O3S/c1-2-19-10-12(9-17-19)14-11-24(22,23)8-7-20(14)15(21)18-13-3-5-16-6-4-13/h3-6,9-10,14H,2,7-8,11H2,1H3,(H,16,18,21)/t14-/m1/s1. The van der Waals surface area contributed by atoms with Crippen molar-refractivity contribution in [3.63, 3.8) is 0 Å². The maximum atomic E-state index is 12.6. The Morgan fingerprint density at radius 3 is 2.79 bits per heavy atom. The van der Waals surface area contributed by atoms with Gasteiger partial charge in [-0.1, -0.05) is 0 Å². The summed E-state index contributed by atoms with van der Waals surface area (Å²) in [7, 11) is -3.19. The molecule has 3 heterocycles. The number of aromatic nitrogens is 3. The summed E-state index contributed by atoms with van der Waals surface area (Å²) in [6.07, 6.45) is 6.58. The lowest BCUT2D eigenvalue weighted by Crippen LogP contribution is -2.47. The Morgan fingerprint density at radius 2 is 2.12 bits per heavy atom. The summed E-state index contributed by atoms with van der Waals surface area (Å²) in [5.74, 6) is -0.124. The second-order valence-electron chi connectivity index (χ2n) is 5.62. The molecule has 0 saturated carbocycles. The molecule has 2 amide bonds. The van der Waals surface area contributed by atoms with E-state index in [1.807, 2.05) is 6.92 Å². The van der Waals surface area contributed by atoms with E-state index in [1.165, 1.54) is 0 Å². The molecule has 0 aromatic carbocycles. The van der Waals surface area contributed by atoms with Crippen LogP contribution in [0.4, 0.5) is 10.5 Å². The van der Waals surface area contributed by atoms with Crippen LogP contribution in [0, 0.1) is 0 Å². The van der Waals surface area contributed by atoms with E-state index >= 15 is 0 Å².